The molecule has 0 amide bonds. The van der Waals surface area contributed by atoms with Crippen LogP contribution < -0.4 is 4.74 Å². The molecule has 1 heterocycles. The second-order valence-electron chi connectivity index (χ2n) is 5.56. The normalized spacial score (nSPS) is 10.5. The van der Waals surface area contributed by atoms with E-state index in [9.17, 15) is 4.79 Å². The van der Waals surface area contributed by atoms with Crippen molar-refractivity contribution in [2.45, 2.75) is 12.8 Å². The lowest BCUT2D eigenvalue weighted by molar-refractivity contribution is -0.143. The summed E-state index contributed by atoms with van der Waals surface area (Å²) in [4.78, 5) is 16.2. The Balaban J connectivity index is 1.37. The van der Waals surface area contributed by atoms with Gasteiger partial charge in [-0.3, -0.25) is 4.79 Å². The van der Waals surface area contributed by atoms with Crippen LogP contribution in [-0.2, 0) is 16.0 Å². The van der Waals surface area contributed by atoms with Crippen molar-refractivity contribution < 1.29 is 18.7 Å². The van der Waals surface area contributed by atoms with Crippen LogP contribution in [0, 0.1) is 0 Å². The number of halogens is 1. The van der Waals surface area contributed by atoms with Crippen molar-refractivity contribution in [3.8, 4) is 17.2 Å². The summed E-state index contributed by atoms with van der Waals surface area (Å²) < 4.78 is 16.1. The van der Waals surface area contributed by atoms with Gasteiger partial charge in [-0.1, -0.05) is 29.8 Å². The Hall–Kier alpha value is -2.79. The summed E-state index contributed by atoms with van der Waals surface area (Å²) in [6, 6.07) is 16.6. The van der Waals surface area contributed by atoms with Gasteiger partial charge in [0.1, 0.15) is 12.0 Å². The first-order valence-electron chi connectivity index (χ1n) is 8.24. The highest BCUT2D eigenvalue weighted by Gasteiger charge is 2.11. The molecular weight excluding hydrogens is 354 g/mol. The molecule has 0 bridgehead atoms. The zero-order valence-electron chi connectivity index (χ0n) is 14.1. The summed E-state index contributed by atoms with van der Waals surface area (Å²) in [6.45, 7) is 0.743. The van der Waals surface area contributed by atoms with Crippen LogP contribution in [0.25, 0.3) is 11.5 Å². The number of hydrogen-bond acceptors (Lipinski definition) is 5. The van der Waals surface area contributed by atoms with Crippen LogP contribution in [-0.4, -0.2) is 24.2 Å². The molecular formula is C20H18ClNO4. The largest absolute Gasteiger partial charge is 0.493 e. The minimum absolute atomic E-state index is 0.0778. The number of nitrogens with zero attached hydrogens (tertiary/aromatic N) is 1. The molecule has 0 atom stereocenters. The summed E-state index contributed by atoms with van der Waals surface area (Å²) in [5.74, 6) is 0.880. The molecule has 0 unspecified atom stereocenters. The Bertz CT molecular complexity index is 831. The number of oxazole rings is 1. The molecule has 1 aromatic heterocycles. The number of rotatable bonds is 8. The fourth-order valence-corrected chi connectivity index (χ4v) is 2.39. The van der Waals surface area contributed by atoms with E-state index in [0.29, 0.717) is 29.6 Å². The predicted octanol–water partition coefficient (Wildman–Crippen LogP) is 4.55. The van der Waals surface area contributed by atoms with Crippen molar-refractivity contribution >= 4 is 17.6 Å². The van der Waals surface area contributed by atoms with Gasteiger partial charge in [0, 0.05) is 17.0 Å². The van der Waals surface area contributed by atoms with Gasteiger partial charge in [-0.25, -0.2) is 4.98 Å². The molecule has 0 N–H and O–H groups in total. The summed E-state index contributed by atoms with van der Waals surface area (Å²) in [7, 11) is 0. The molecule has 0 saturated heterocycles. The van der Waals surface area contributed by atoms with Gasteiger partial charge < -0.3 is 13.9 Å². The summed E-state index contributed by atoms with van der Waals surface area (Å²) in [5, 5.41) is 0.662. The summed E-state index contributed by atoms with van der Waals surface area (Å²) >= 11 is 5.81. The van der Waals surface area contributed by atoms with Crippen LogP contribution in [0.3, 0.4) is 0 Å². The smallest absolute Gasteiger partial charge is 0.311 e. The van der Waals surface area contributed by atoms with E-state index in [1.54, 1.807) is 24.3 Å². The van der Waals surface area contributed by atoms with Gasteiger partial charge in [0.05, 0.1) is 25.3 Å². The van der Waals surface area contributed by atoms with E-state index in [0.717, 1.165) is 11.3 Å². The standard InChI is InChI=1S/C20H18ClNO4/c21-16-7-9-18(10-8-16)24-11-4-12-25-19(23)13-17-14-26-20(22-17)15-5-2-1-3-6-15/h1-3,5-10,14H,4,11-13H2. The first-order valence-corrected chi connectivity index (χ1v) is 8.62. The first kappa shape index (κ1) is 18.0. The van der Waals surface area contributed by atoms with Gasteiger partial charge >= 0.3 is 5.97 Å². The van der Waals surface area contributed by atoms with E-state index in [1.165, 1.54) is 6.26 Å². The topological polar surface area (TPSA) is 61.6 Å². The third-order valence-corrected chi connectivity index (χ3v) is 3.78. The number of carbonyl (C=O) groups is 1. The van der Waals surface area contributed by atoms with Crippen molar-refractivity contribution in [1.82, 2.24) is 4.98 Å². The Kier molecular flexibility index (Phi) is 6.28. The fraction of sp³-hybridized carbons (Fsp3) is 0.200. The van der Waals surface area contributed by atoms with Crippen molar-refractivity contribution in [1.29, 1.82) is 0 Å². The van der Waals surface area contributed by atoms with Gasteiger partial charge in [0.15, 0.2) is 0 Å². The van der Waals surface area contributed by atoms with E-state index in [1.807, 2.05) is 30.3 Å². The maximum absolute atomic E-state index is 11.9. The van der Waals surface area contributed by atoms with Crippen LogP contribution >= 0.6 is 11.6 Å². The Morgan fingerprint density at radius 1 is 1.04 bits per heavy atom. The maximum atomic E-state index is 11.9. The van der Waals surface area contributed by atoms with E-state index >= 15 is 0 Å². The predicted molar refractivity (Wildman–Crippen MR) is 98.2 cm³/mol. The summed E-state index contributed by atoms with van der Waals surface area (Å²) in [5.41, 5.74) is 1.41. The molecule has 0 aliphatic rings. The molecule has 134 valence electrons. The lowest BCUT2D eigenvalue weighted by atomic mass is 10.2. The van der Waals surface area contributed by atoms with Gasteiger partial charge in [0.25, 0.3) is 0 Å². The Morgan fingerprint density at radius 3 is 2.58 bits per heavy atom. The fourth-order valence-electron chi connectivity index (χ4n) is 2.27. The zero-order valence-corrected chi connectivity index (χ0v) is 14.8. The van der Waals surface area contributed by atoms with Crippen molar-refractivity contribution in [3.05, 3.63) is 71.6 Å². The second-order valence-corrected chi connectivity index (χ2v) is 6.00. The van der Waals surface area contributed by atoms with E-state index in [-0.39, 0.29) is 19.0 Å². The molecule has 5 nitrogen and oxygen atoms in total. The third kappa shape index (κ3) is 5.36. The average molecular weight is 372 g/mol. The van der Waals surface area contributed by atoms with Crippen LogP contribution in [0.1, 0.15) is 12.1 Å². The van der Waals surface area contributed by atoms with Gasteiger partial charge in [-0.15, -0.1) is 0 Å². The third-order valence-electron chi connectivity index (χ3n) is 3.53. The number of ether oxygens (including phenoxy) is 2. The van der Waals surface area contributed by atoms with Crippen LogP contribution in [0.15, 0.2) is 65.3 Å². The number of aromatic nitrogens is 1. The van der Waals surface area contributed by atoms with Gasteiger partial charge in [-0.05, 0) is 36.4 Å². The molecule has 3 rings (SSSR count). The molecule has 0 aliphatic carbocycles. The summed E-state index contributed by atoms with van der Waals surface area (Å²) in [6.07, 6.45) is 2.16. The molecule has 2 aromatic carbocycles. The molecule has 0 aliphatic heterocycles. The highest BCUT2D eigenvalue weighted by molar-refractivity contribution is 6.30. The van der Waals surface area contributed by atoms with E-state index < -0.39 is 0 Å². The van der Waals surface area contributed by atoms with E-state index in [2.05, 4.69) is 4.98 Å². The molecule has 0 spiro atoms. The first-order chi connectivity index (χ1) is 12.7. The molecule has 0 radical (unpaired) electrons. The zero-order chi connectivity index (χ0) is 18.2. The van der Waals surface area contributed by atoms with Crippen molar-refractivity contribution in [2.75, 3.05) is 13.2 Å². The number of esters is 1. The molecule has 6 heteroatoms. The second kappa shape index (κ2) is 9.06. The number of benzene rings is 2. The minimum atomic E-state index is -0.343. The quantitative estimate of drug-likeness (QED) is 0.429. The average Bonchev–Trinajstić information content (AvgIpc) is 3.12. The van der Waals surface area contributed by atoms with Crippen molar-refractivity contribution in [3.63, 3.8) is 0 Å². The number of carbonyl (C=O) groups excluding carboxylic acids is 1. The molecule has 0 fully saturated rings. The molecule has 3 aromatic rings. The van der Waals surface area contributed by atoms with Gasteiger partial charge in [0.2, 0.25) is 5.89 Å². The Labute approximate surface area is 156 Å². The van der Waals surface area contributed by atoms with Gasteiger partial charge in [-0.2, -0.15) is 0 Å². The Morgan fingerprint density at radius 2 is 1.81 bits per heavy atom. The minimum Gasteiger partial charge on any atom is -0.493 e. The van der Waals surface area contributed by atoms with Crippen LogP contribution in [0.4, 0.5) is 0 Å². The maximum Gasteiger partial charge on any atom is 0.311 e. The molecule has 0 saturated carbocycles. The van der Waals surface area contributed by atoms with Crippen molar-refractivity contribution in [2.24, 2.45) is 0 Å². The molecule has 26 heavy (non-hydrogen) atoms. The highest BCUT2D eigenvalue weighted by Crippen LogP contribution is 2.18. The monoisotopic (exact) mass is 371 g/mol. The number of hydrogen-bond donors (Lipinski definition) is 0. The van der Waals surface area contributed by atoms with Crippen LogP contribution in [0.2, 0.25) is 5.02 Å². The highest BCUT2D eigenvalue weighted by atomic mass is 35.5. The SMILES string of the molecule is O=C(Cc1coc(-c2ccccc2)n1)OCCCOc1ccc(Cl)cc1. The lowest BCUT2D eigenvalue weighted by Gasteiger charge is -2.06. The van der Waals surface area contributed by atoms with Crippen LogP contribution in [0.5, 0.6) is 5.75 Å². The van der Waals surface area contributed by atoms with E-state index in [4.69, 9.17) is 25.5 Å². The lowest BCUT2D eigenvalue weighted by Crippen LogP contribution is -2.11.